The minimum Gasteiger partial charge on any atom is -0.487 e. The number of hydrogen-bond donors (Lipinski definition) is 1. The van der Waals surface area contributed by atoms with E-state index in [4.69, 9.17) is 4.74 Å². The van der Waals surface area contributed by atoms with Gasteiger partial charge in [0.2, 0.25) is 0 Å². The molecule has 1 aliphatic carbocycles. The van der Waals surface area contributed by atoms with E-state index in [0.717, 1.165) is 43.4 Å². The molecule has 26 heavy (non-hydrogen) atoms. The van der Waals surface area contributed by atoms with E-state index < -0.39 is 22.7 Å². The van der Waals surface area contributed by atoms with Crippen molar-refractivity contribution >= 4 is 16.7 Å². The van der Waals surface area contributed by atoms with Crippen LogP contribution in [0.1, 0.15) is 36.8 Å². The second kappa shape index (κ2) is 8.12. The minimum absolute atomic E-state index is 0.0271. The monoisotopic (exact) mass is 383 g/mol. The van der Waals surface area contributed by atoms with E-state index in [1.807, 2.05) is 30.3 Å². The quantitative estimate of drug-likeness (QED) is 0.735. The first-order valence-corrected chi connectivity index (χ1v) is 9.70. The summed E-state index contributed by atoms with van der Waals surface area (Å²) in [6.45, 7) is 0.132. The lowest BCUT2D eigenvalue weighted by Crippen LogP contribution is -2.18. The molecule has 1 aliphatic rings. The molecule has 0 aromatic heterocycles. The van der Waals surface area contributed by atoms with Gasteiger partial charge in [-0.2, -0.15) is 13.2 Å². The lowest BCUT2D eigenvalue weighted by Gasteiger charge is -2.17. The van der Waals surface area contributed by atoms with Crippen molar-refractivity contribution in [2.45, 2.75) is 43.7 Å². The third-order valence-corrected chi connectivity index (χ3v) is 5.86. The molecular weight excluding hydrogens is 363 g/mol. The Balaban J connectivity index is 1.80. The van der Waals surface area contributed by atoms with E-state index in [1.165, 1.54) is 6.07 Å². The molecule has 0 heterocycles. The highest BCUT2D eigenvalue weighted by Gasteiger charge is 2.32. The topological polar surface area (TPSA) is 38.3 Å². The van der Waals surface area contributed by atoms with Crippen molar-refractivity contribution in [1.82, 2.24) is 0 Å². The molecule has 2 aromatic carbocycles. The number of benzene rings is 2. The largest absolute Gasteiger partial charge is 0.487 e. The average molecular weight is 383 g/mol. The third-order valence-electron chi connectivity index (χ3n) is 4.36. The zero-order chi connectivity index (χ0) is 18.6. The predicted octanol–water partition coefficient (Wildman–Crippen LogP) is 5.30. The van der Waals surface area contributed by atoms with Crippen molar-refractivity contribution in [3.8, 4) is 5.75 Å². The van der Waals surface area contributed by atoms with Crippen molar-refractivity contribution in [3.05, 3.63) is 59.7 Å². The van der Waals surface area contributed by atoms with Crippen LogP contribution >= 0.6 is 0 Å². The number of ether oxygens (including phenoxy) is 1. The Labute approximate surface area is 153 Å². The van der Waals surface area contributed by atoms with Crippen molar-refractivity contribution in [2.24, 2.45) is 0 Å². The lowest BCUT2D eigenvalue weighted by atomic mass is 10.2. The second-order valence-corrected chi connectivity index (χ2v) is 7.75. The first-order chi connectivity index (χ1) is 12.4. The molecule has 1 unspecified atom stereocenters. The molecule has 1 N–H and O–H groups in total. The molecule has 0 amide bonds. The molecule has 1 atom stereocenters. The van der Waals surface area contributed by atoms with Crippen LogP contribution in [0.2, 0.25) is 0 Å². The Hall–Kier alpha value is -2.02. The number of hydrogen-bond acceptors (Lipinski definition) is 2. The van der Waals surface area contributed by atoms with Gasteiger partial charge in [0.15, 0.2) is 0 Å². The average Bonchev–Trinajstić information content (AvgIpc) is 3.15. The summed E-state index contributed by atoms with van der Waals surface area (Å²) in [6.07, 6.45) is -0.681. The fraction of sp³-hybridized carbons (Fsp3) is 0.368. The van der Waals surface area contributed by atoms with Gasteiger partial charge < -0.3 is 9.46 Å². The number of nitrogens with one attached hydrogen (secondary N) is 1. The molecular formula is C19H20F3NO2S. The third kappa shape index (κ3) is 4.78. The molecule has 140 valence electrons. The van der Waals surface area contributed by atoms with Crippen LogP contribution in [0, 0.1) is 0 Å². The summed E-state index contributed by atoms with van der Waals surface area (Å²) < 4.78 is 60.0. The molecule has 2 aromatic rings. The first-order valence-electron chi connectivity index (χ1n) is 8.49. The van der Waals surface area contributed by atoms with Crippen molar-refractivity contribution < 1.29 is 22.1 Å². The molecule has 0 spiro atoms. The zero-order valence-corrected chi connectivity index (χ0v) is 14.9. The van der Waals surface area contributed by atoms with Crippen LogP contribution in [-0.2, 0) is 23.8 Å². The Morgan fingerprint density at radius 1 is 1.08 bits per heavy atom. The number of anilines is 1. The van der Waals surface area contributed by atoms with E-state index in [1.54, 1.807) is 0 Å². The Morgan fingerprint density at radius 3 is 2.42 bits per heavy atom. The highest BCUT2D eigenvalue weighted by Crippen LogP contribution is 2.36. The molecule has 0 radical (unpaired) electrons. The maximum Gasteiger partial charge on any atom is 0.416 e. The zero-order valence-electron chi connectivity index (χ0n) is 14.1. The number of alkyl halides is 3. The van der Waals surface area contributed by atoms with Crippen molar-refractivity contribution in [2.75, 3.05) is 4.72 Å². The molecule has 0 bridgehead atoms. The maximum absolute atomic E-state index is 13.0. The van der Waals surface area contributed by atoms with Gasteiger partial charge in [0.05, 0.1) is 16.5 Å². The lowest BCUT2D eigenvalue weighted by molar-refractivity contribution is -0.137. The van der Waals surface area contributed by atoms with E-state index in [9.17, 15) is 17.4 Å². The van der Waals surface area contributed by atoms with Gasteiger partial charge in [0.1, 0.15) is 23.3 Å². The van der Waals surface area contributed by atoms with Gasteiger partial charge in [0, 0.05) is 0 Å². The standard InChI is InChI=1S/C19H20F3NO2S/c20-19(21,22)15-10-11-17(23-26(24)16-8-4-5-9-16)18(12-15)25-13-14-6-2-1-3-7-14/h1-3,6-7,10-12,16,23H,4-5,8-9,13H2. The summed E-state index contributed by atoms with van der Waals surface area (Å²) in [5.74, 6) is 0.0509. The van der Waals surface area contributed by atoms with Crippen LogP contribution in [0.5, 0.6) is 5.75 Å². The van der Waals surface area contributed by atoms with Gasteiger partial charge in [-0.1, -0.05) is 43.2 Å². The first kappa shape index (κ1) is 18.8. The summed E-state index contributed by atoms with van der Waals surface area (Å²) in [5.41, 5.74) is 0.365. The van der Waals surface area contributed by atoms with Crippen LogP contribution in [0.3, 0.4) is 0 Å². The van der Waals surface area contributed by atoms with Crippen LogP contribution < -0.4 is 9.46 Å². The van der Waals surface area contributed by atoms with Gasteiger partial charge in [0.25, 0.3) is 0 Å². The van der Waals surface area contributed by atoms with Gasteiger partial charge in [-0.3, -0.25) is 0 Å². The van der Waals surface area contributed by atoms with Gasteiger partial charge in [-0.15, -0.1) is 0 Å². The fourth-order valence-corrected chi connectivity index (χ4v) is 4.25. The van der Waals surface area contributed by atoms with Crippen LogP contribution in [0.25, 0.3) is 0 Å². The maximum atomic E-state index is 13.0. The SMILES string of the molecule is O=S(Nc1ccc(C(F)(F)F)cc1OCc1ccccc1)C1CCCC1. The highest BCUT2D eigenvalue weighted by molar-refractivity contribution is 7.87. The van der Waals surface area contributed by atoms with E-state index in [0.29, 0.717) is 5.69 Å². The highest BCUT2D eigenvalue weighted by atomic mass is 32.2. The Morgan fingerprint density at radius 2 is 1.77 bits per heavy atom. The van der Waals surface area contributed by atoms with Gasteiger partial charge in [-0.25, -0.2) is 4.21 Å². The predicted molar refractivity (Wildman–Crippen MR) is 96.2 cm³/mol. The van der Waals surface area contributed by atoms with Crippen LogP contribution in [0.4, 0.5) is 18.9 Å². The summed E-state index contributed by atoms with van der Waals surface area (Å²) in [5, 5.41) is 0.0271. The van der Waals surface area contributed by atoms with Crippen LogP contribution in [0.15, 0.2) is 48.5 Å². The Bertz CT molecular complexity index is 759. The van der Waals surface area contributed by atoms with Gasteiger partial charge in [-0.05, 0) is 36.6 Å². The summed E-state index contributed by atoms with van der Waals surface area (Å²) in [6, 6.07) is 12.4. The summed E-state index contributed by atoms with van der Waals surface area (Å²) in [4.78, 5) is 0. The molecule has 3 nitrogen and oxygen atoms in total. The molecule has 0 saturated heterocycles. The second-order valence-electron chi connectivity index (χ2n) is 6.29. The van der Waals surface area contributed by atoms with E-state index >= 15 is 0 Å². The Kier molecular flexibility index (Phi) is 5.86. The normalized spacial score (nSPS) is 16.4. The molecule has 3 rings (SSSR count). The minimum atomic E-state index is -4.46. The van der Waals surface area contributed by atoms with Crippen molar-refractivity contribution in [3.63, 3.8) is 0 Å². The van der Waals surface area contributed by atoms with Crippen molar-refractivity contribution in [1.29, 1.82) is 0 Å². The summed E-state index contributed by atoms with van der Waals surface area (Å²) >= 11 is 0. The van der Waals surface area contributed by atoms with E-state index in [2.05, 4.69) is 4.72 Å². The fourth-order valence-electron chi connectivity index (χ4n) is 2.93. The number of rotatable bonds is 6. The molecule has 0 aliphatic heterocycles. The van der Waals surface area contributed by atoms with Crippen LogP contribution in [-0.4, -0.2) is 9.46 Å². The molecule has 1 fully saturated rings. The molecule has 7 heteroatoms. The smallest absolute Gasteiger partial charge is 0.416 e. The van der Waals surface area contributed by atoms with Gasteiger partial charge >= 0.3 is 6.18 Å². The number of halogens is 3. The summed E-state index contributed by atoms with van der Waals surface area (Å²) in [7, 11) is -1.34. The van der Waals surface area contributed by atoms with E-state index in [-0.39, 0.29) is 17.6 Å². The molecule has 1 saturated carbocycles.